The summed E-state index contributed by atoms with van der Waals surface area (Å²) < 4.78 is 5.29. The number of anilines is 2. The third-order valence-corrected chi connectivity index (χ3v) is 4.77. The molecule has 3 aromatic rings. The first-order valence-corrected chi connectivity index (χ1v) is 9.07. The van der Waals surface area contributed by atoms with Gasteiger partial charge in [0.05, 0.1) is 22.8 Å². The molecule has 0 amide bonds. The third kappa shape index (κ3) is 3.29. The lowest BCUT2D eigenvalue weighted by molar-refractivity contribution is -0.149. The number of nitrogens with zero attached hydrogens (tertiary/aromatic N) is 2. The van der Waals surface area contributed by atoms with Crippen LogP contribution in [0.4, 0.5) is 11.4 Å². The average Bonchev–Trinajstić information content (AvgIpc) is 3.01. The minimum absolute atomic E-state index is 0.311. The van der Waals surface area contributed by atoms with E-state index in [-0.39, 0.29) is 5.97 Å². The first-order chi connectivity index (χ1) is 13.1. The molecule has 0 fully saturated rings. The van der Waals surface area contributed by atoms with Crippen LogP contribution in [0.3, 0.4) is 0 Å². The lowest BCUT2D eigenvalue weighted by Gasteiger charge is -2.23. The second-order valence-corrected chi connectivity index (χ2v) is 6.82. The molecular formula is C20H19ClN4O2. The molecule has 2 heterocycles. The number of hydrazine groups is 1. The standard InChI is InChI=1S/C20H19ClN4O2/c1-2-27-20(26)19-18-15(22)4-3-5-17(18)24-25(19)11-12-6-7-16-13(8-12)9-14(21)10-23-16/h3-10,19,24H,2,11,22H2,1H3. The Bertz CT molecular complexity index is 1020. The van der Waals surface area contributed by atoms with Gasteiger partial charge in [0.2, 0.25) is 0 Å². The summed E-state index contributed by atoms with van der Waals surface area (Å²) in [6.07, 6.45) is 1.63. The summed E-state index contributed by atoms with van der Waals surface area (Å²) in [5.74, 6) is -0.327. The summed E-state index contributed by atoms with van der Waals surface area (Å²) in [6, 6.07) is 12.8. The number of nitrogens with two attached hydrogens (primary N) is 1. The Kier molecular flexibility index (Phi) is 4.59. The molecule has 2 aromatic carbocycles. The van der Waals surface area contributed by atoms with Gasteiger partial charge < -0.3 is 15.9 Å². The minimum Gasteiger partial charge on any atom is -0.465 e. The summed E-state index contributed by atoms with van der Waals surface area (Å²) in [7, 11) is 0. The van der Waals surface area contributed by atoms with Crippen LogP contribution in [0.25, 0.3) is 10.9 Å². The van der Waals surface area contributed by atoms with Gasteiger partial charge in [-0.2, -0.15) is 0 Å². The van der Waals surface area contributed by atoms with E-state index in [9.17, 15) is 4.79 Å². The zero-order valence-corrected chi connectivity index (χ0v) is 15.5. The Balaban J connectivity index is 1.68. The number of hydrogen-bond donors (Lipinski definition) is 2. The van der Waals surface area contributed by atoms with Crippen LogP contribution in [-0.2, 0) is 16.1 Å². The molecule has 4 rings (SSSR count). The topological polar surface area (TPSA) is 80.5 Å². The summed E-state index contributed by atoms with van der Waals surface area (Å²) in [6.45, 7) is 2.59. The number of carbonyl (C=O) groups excluding carboxylic acids is 1. The van der Waals surface area contributed by atoms with Crippen molar-refractivity contribution in [1.29, 1.82) is 0 Å². The number of hydrogen-bond acceptors (Lipinski definition) is 6. The van der Waals surface area contributed by atoms with E-state index in [1.807, 2.05) is 41.4 Å². The highest BCUT2D eigenvalue weighted by Gasteiger charge is 2.38. The minimum atomic E-state index is -0.602. The lowest BCUT2D eigenvalue weighted by Crippen LogP contribution is -2.33. The van der Waals surface area contributed by atoms with Gasteiger partial charge in [0.1, 0.15) is 0 Å². The van der Waals surface area contributed by atoms with Crippen molar-refractivity contribution < 1.29 is 9.53 Å². The third-order valence-electron chi connectivity index (χ3n) is 4.56. The molecular weight excluding hydrogens is 364 g/mol. The van der Waals surface area contributed by atoms with E-state index in [0.717, 1.165) is 27.7 Å². The van der Waals surface area contributed by atoms with Crippen molar-refractivity contribution in [2.75, 3.05) is 17.8 Å². The van der Waals surface area contributed by atoms with E-state index in [4.69, 9.17) is 22.1 Å². The molecule has 0 saturated heterocycles. The molecule has 0 saturated carbocycles. The van der Waals surface area contributed by atoms with E-state index < -0.39 is 6.04 Å². The molecule has 0 bridgehead atoms. The van der Waals surface area contributed by atoms with Crippen molar-refractivity contribution in [2.24, 2.45) is 0 Å². The molecule has 1 aromatic heterocycles. The van der Waals surface area contributed by atoms with Crippen molar-refractivity contribution in [1.82, 2.24) is 9.99 Å². The van der Waals surface area contributed by atoms with Crippen molar-refractivity contribution in [2.45, 2.75) is 19.5 Å². The van der Waals surface area contributed by atoms with E-state index >= 15 is 0 Å². The van der Waals surface area contributed by atoms with Gasteiger partial charge in [-0.25, -0.2) is 9.80 Å². The molecule has 138 valence electrons. The van der Waals surface area contributed by atoms with Gasteiger partial charge in [-0.15, -0.1) is 0 Å². The van der Waals surface area contributed by atoms with Gasteiger partial charge in [-0.05, 0) is 42.8 Å². The quantitative estimate of drug-likeness (QED) is 0.526. The van der Waals surface area contributed by atoms with Gasteiger partial charge in [-0.3, -0.25) is 4.98 Å². The summed E-state index contributed by atoms with van der Waals surface area (Å²) in [4.78, 5) is 16.9. The van der Waals surface area contributed by atoms with Crippen LogP contribution in [0.5, 0.6) is 0 Å². The van der Waals surface area contributed by atoms with Crippen LogP contribution in [0, 0.1) is 0 Å². The molecule has 0 aliphatic carbocycles. The van der Waals surface area contributed by atoms with Crippen LogP contribution in [0.2, 0.25) is 5.02 Å². The predicted octanol–water partition coefficient (Wildman–Crippen LogP) is 3.92. The van der Waals surface area contributed by atoms with Crippen LogP contribution in [-0.4, -0.2) is 22.6 Å². The number of fused-ring (bicyclic) bond motifs is 2. The van der Waals surface area contributed by atoms with Crippen LogP contribution >= 0.6 is 11.6 Å². The largest absolute Gasteiger partial charge is 0.465 e. The van der Waals surface area contributed by atoms with Crippen LogP contribution in [0.1, 0.15) is 24.1 Å². The number of nitrogen functional groups attached to an aromatic ring is 1. The predicted molar refractivity (Wildman–Crippen MR) is 106 cm³/mol. The first kappa shape index (κ1) is 17.6. The SMILES string of the molecule is CCOC(=O)C1c2c(N)cccc2NN1Cc1ccc2ncc(Cl)cc2c1. The highest BCUT2D eigenvalue weighted by molar-refractivity contribution is 6.31. The molecule has 0 radical (unpaired) electrons. The Labute approximate surface area is 161 Å². The number of benzene rings is 2. The van der Waals surface area contributed by atoms with Crippen molar-refractivity contribution in [3.05, 3.63) is 64.8 Å². The Morgan fingerprint density at radius 2 is 2.19 bits per heavy atom. The second kappa shape index (κ2) is 7.06. The summed E-state index contributed by atoms with van der Waals surface area (Å²) in [5, 5.41) is 3.38. The fourth-order valence-corrected chi connectivity index (χ4v) is 3.57. The maximum atomic E-state index is 12.6. The van der Waals surface area contributed by atoms with Gasteiger partial charge in [-0.1, -0.05) is 23.7 Å². The smallest absolute Gasteiger partial charge is 0.330 e. The van der Waals surface area contributed by atoms with E-state index in [2.05, 4.69) is 10.4 Å². The van der Waals surface area contributed by atoms with E-state index in [1.54, 1.807) is 19.2 Å². The first-order valence-electron chi connectivity index (χ1n) is 8.69. The number of ether oxygens (including phenoxy) is 1. The molecule has 27 heavy (non-hydrogen) atoms. The zero-order chi connectivity index (χ0) is 19.0. The second-order valence-electron chi connectivity index (χ2n) is 6.38. The number of nitrogens with one attached hydrogen (secondary N) is 1. The van der Waals surface area contributed by atoms with Crippen molar-refractivity contribution >= 4 is 39.8 Å². The van der Waals surface area contributed by atoms with Gasteiger partial charge in [0.15, 0.2) is 6.04 Å². The van der Waals surface area contributed by atoms with Crippen LogP contribution in [0.15, 0.2) is 48.7 Å². The monoisotopic (exact) mass is 382 g/mol. The summed E-state index contributed by atoms with van der Waals surface area (Å²) in [5.41, 5.74) is 13.4. The molecule has 6 nitrogen and oxygen atoms in total. The Hall–Kier alpha value is -2.83. The molecule has 1 atom stereocenters. The van der Waals surface area contributed by atoms with Gasteiger partial charge in [0.25, 0.3) is 0 Å². The number of carbonyl (C=O) groups is 1. The number of pyridine rings is 1. The van der Waals surface area contributed by atoms with Gasteiger partial charge in [0, 0.05) is 29.4 Å². The van der Waals surface area contributed by atoms with Crippen molar-refractivity contribution in [3.63, 3.8) is 0 Å². The Morgan fingerprint density at radius 3 is 3.00 bits per heavy atom. The fourth-order valence-electron chi connectivity index (χ4n) is 3.41. The fraction of sp³-hybridized carbons (Fsp3) is 0.200. The molecule has 0 spiro atoms. The number of esters is 1. The molecule has 1 aliphatic heterocycles. The van der Waals surface area contributed by atoms with E-state index in [0.29, 0.717) is 23.9 Å². The van der Waals surface area contributed by atoms with Gasteiger partial charge >= 0.3 is 5.97 Å². The highest BCUT2D eigenvalue weighted by Crippen LogP contribution is 2.40. The normalized spacial score (nSPS) is 16.1. The number of rotatable bonds is 4. The number of aromatic nitrogens is 1. The highest BCUT2D eigenvalue weighted by atomic mass is 35.5. The molecule has 1 aliphatic rings. The summed E-state index contributed by atoms with van der Waals surface area (Å²) >= 11 is 6.06. The maximum absolute atomic E-state index is 12.6. The molecule has 3 N–H and O–H groups in total. The molecule has 7 heteroatoms. The molecule has 1 unspecified atom stereocenters. The number of halogens is 1. The lowest BCUT2D eigenvalue weighted by atomic mass is 10.0. The maximum Gasteiger partial charge on any atom is 0.330 e. The van der Waals surface area contributed by atoms with Crippen molar-refractivity contribution in [3.8, 4) is 0 Å². The average molecular weight is 383 g/mol. The van der Waals surface area contributed by atoms with E-state index in [1.165, 1.54) is 0 Å². The van der Waals surface area contributed by atoms with Crippen LogP contribution < -0.4 is 11.2 Å². The Morgan fingerprint density at radius 1 is 1.33 bits per heavy atom. The zero-order valence-electron chi connectivity index (χ0n) is 14.8.